The Morgan fingerprint density at radius 2 is 2.19 bits per heavy atom. The second-order valence-corrected chi connectivity index (χ2v) is 6.08. The zero-order valence-electron chi connectivity index (χ0n) is 13.2. The number of carboxylic acid groups (broad SMARTS) is 1. The van der Waals surface area contributed by atoms with Gasteiger partial charge in [-0.1, -0.05) is 19.1 Å². The zero-order chi connectivity index (χ0) is 15.5. The molecular formula is C17H25NO3. The Morgan fingerprint density at radius 3 is 2.81 bits per heavy atom. The molecule has 0 bridgehead atoms. The first kappa shape index (κ1) is 15.8. The van der Waals surface area contributed by atoms with Gasteiger partial charge in [-0.05, 0) is 50.4 Å². The van der Waals surface area contributed by atoms with E-state index in [2.05, 4.69) is 24.0 Å². The summed E-state index contributed by atoms with van der Waals surface area (Å²) in [5.41, 5.74) is 1.77. The molecule has 4 nitrogen and oxygen atoms in total. The van der Waals surface area contributed by atoms with Gasteiger partial charge >= 0.3 is 5.97 Å². The Morgan fingerprint density at radius 1 is 1.43 bits per heavy atom. The van der Waals surface area contributed by atoms with Crippen molar-refractivity contribution in [1.82, 2.24) is 4.90 Å². The van der Waals surface area contributed by atoms with Crippen LogP contribution in [0.25, 0.3) is 0 Å². The van der Waals surface area contributed by atoms with Crippen LogP contribution < -0.4 is 4.74 Å². The maximum atomic E-state index is 11.4. The largest absolute Gasteiger partial charge is 0.492 e. The average Bonchev–Trinajstić information content (AvgIpc) is 2.88. The summed E-state index contributed by atoms with van der Waals surface area (Å²) < 4.78 is 5.85. The van der Waals surface area contributed by atoms with Gasteiger partial charge in [-0.15, -0.1) is 0 Å². The van der Waals surface area contributed by atoms with Crippen molar-refractivity contribution in [2.75, 3.05) is 26.2 Å². The minimum absolute atomic E-state index is 0.556. The maximum Gasteiger partial charge on any atom is 0.310 e. The minimum Gasteiger partial charge on any atom is -0.492 e. The lowest BCUT2D eigenvalue weighted by Crippen LogP contribution is -2.35. The Bertz CT molecular complexity index is 515. The molecule has 1 unspecified atom stereocenters. The molecule has 1 heterocycles. The summed E-state index contributed by atoms with van der Waals surface area (Å²) >= 11 is 0. The topological polar surface area (TPSA) is 49.8 Å². The number of benzene rings is 1. The predicted molar refractivity (Wildman–Crippen MR) is 82.8 cm³/mol. The maximum absolute atomic E-state index is 11.4. The lowest BCUT2D eigenvalue weighted by atomic mass is 9.84. The molecule has 1 aliphatic rings. The molecule has 4 heteroatoms. The van der Waals surface area contributed by atoms with Crippen LogP contribution in [0, 0.1) is 19.3 Å². The Labute approximate surface area is 126 Å². The van der Waals surface area contributed by atoms with E-state index in [1.807, 2.05) is 19.9 Å². The highest BCUT2D eigenvalue weighted by molar-refractivity contribution is 5.75. The predicted octanol–water partition coefficient (Wildman–Crippen LogP) is 2.87. The number of hydrogen-bond acceptors (Lipinski definition) is 3. The van der Waals surface area contributed by atoms with Crippen molar-refractivity contribution in [2.24, 2.45) is 5.41 Å². The van der Waals surface area contributed by atoms with Gasteiger partial charge in [-0.25, -0.2) is 0 Å². The van der Waals surface area contributed by atoms with Crippen molar-refractivity contribution in [3.8, 4) is 5.75 Å². The van der Waals surface area contributed by atoms with E-state index in [4.69, 9.17) is 4.74 Å². The molecule has 1 aromatic rings. The van der Waals surface area contributed by atoms with Crippen LogP contribution in [0.1, 0.15) is 30.9 Å². The van der Waals surface area contributed by atoms with Crippen molar-refractivity contribution in [3.63, 3.8) is 0 Å². The van der Waals surface area contributed by atoms with Crippen molar-refractivity contribution in [3.05, 3.63) is 29.3 Å². The molecule has 0 saturated carbocycles. The molecule has 0 radical (unpaired) electrons. The van der Waals surface area contributed by atoms with Crippen LogP contribution in [0.4, 0.5) is 0 Å². The highest BCUT2D eigenvalue weighted by Crippen LogP contribution is 2.34. The molecule has 2 rings (SSSR count). The summed E-state index contributed by atoms with van der Waals surface area (Å²) in [4.78, 5) is 13.6. The summed E-state index contributed by atoms with van der Waals surface area (Å²) in [6.07, 6.45) is 1.43. The second-order valence-electron chi connectivity index (χ2n) is 6.08. The fourth-order valence-electron chi connectivity index (χ4n) is 2.91. The van der Waals surface area contributed by atoms with Crippen LogP contribution in [-0.4, -0.2) is 42.2 Å². The molecule has 0 aromatic heterocycles. The van der Waals surface area contributed by atoms with Crippen LogP contribution in [0.15, 0.2) is 18.2 Å². The molecule has 0 spiro atoms. The molecule has 0 aliphatic carbocycles. The van der Waals surface area contributed by atoms with E-state index in [1.165, 1.54) is 5.56 Å². The van der Waals surface area contributed by atoms with Gasteiger partial charge in [0.1, 0.15) is 12.4 Å². The van der Waals surface area contributed by atoms with E-state index in [0.717, 1.165) is 30.8 Å². The standard InChI is InChI=1S/C17H25NO3/c1-4-17(16(19)20)7-8-18(12-17)9-10-21-15-11-13(2)5-6-14(15)3/h5-6,11H,4,7-10,12H2,1-3H3,(H,19,20). The molecule has 21 heavy (non-hydrogen) atoms. The number of ether oxygens (including phenoxy) is 1. The first-order valence-corrected chi connectivity index (χ1v) is 7.63. The van der Waals surface area contributed by atoms with E-state index in [1.54, 1.807) is 0 Å². The van der Waals surface area contributed by atoms with Gasteiger partial charge in [0.15, 0.2) is 0 Å². The first-order valence-electron chi connectivity index (χ1n) is 7.63. The lowest BCUT2D eigenvalue weighted by Gasteiger charge is -2.23. The third kappa shape index (κ3) is 3.56. The van der Waals surface area contributed by atoms with Crippen LogP contribution in [0.2, 0.25) is 0 Å². The summed E-state index contributed by atoms with van der Waals surface area (Å²) in [7, 11) is 0. The molecule has 0 amide bonds. The molecule has 116 valence electrons. The number of nitrogens with zero attached hydrogens (tertiary/aromatic N) is 1. The normalized spacial score (nSPS) is 22.4. The Hall–Kier alpha value is -1.55. The number of hydrogen-bond donors (Lipinski definition) is 1. The fourth-order valence-corrected chi connectivity index (χ4v) is 2.91. The van der Waals surface area contributed by atoms with Gasteiger partial charge in [-0.2, -0.15) is 0 Å². The van der Waals surface area contributed by atoms with Crippen LogP contribution >= 0.6 is 0 Å². The number of rotatable bonds is 6. The van der Waals surface area contributed by atoms with E-state index in [0.29, 0.717) is 19.6 Å². The van der Waals surface area contributed by atoms with Gasteiger partial charge in [-0.3, -0.25) is 9.69 Å². The van der Waals surface area contributed by atoms with Gasteiger partial charge in [0.05, 0.1) is 5.41 Å². The SMILES string of the molecule is CCC1(C(=O)O)CCN(CCOc2cc(C)ccc2C)C1. The summed E-state index contributed by atoms with van der Waals surface area (Å²) in [5, 5.41) is 9.39. The van der Waals surface area contributed by atoms with Crippen LogP contribution in [-0.2, 0) is 4.79 Å². The van der Waals surface area contributed by atoms with E-state index < -0.39 is 11.4 Å². The number of likely N-dealkylation sites (tertiary alicyclic amines) is 1. The van der Waals surface area contributed by atoms with Gasteiger partial charge < -0.3 is 9.84 Å². The average molecular weight is 291 g/mol. The zero-order valence-corrected chi connectivity index (χ0v) is 13.2. The first-order chi connectivity index (χ1) is 9.97. The van der Waals surface area contributed by atoms with Crippen LogP contribution in [0.5, 0.6) is 5.75 Å². The molecule has 1 saturated heterocycles. The van der Waals surface area contributed by atoms with E-state index in [-0.39, 0.29) is 0 Å². The number of aryl methyl sites for hydroxylation is 2. The van der Waals surface area contributed by atoms with E-state index in [9.17, 15) is 9.90 Å². The van der Waals surface area contributed by atoms with Crippen molar-refractivity contribution >= 4 is 5.97 Å². The highest BCUT2D eigenvalue weighted by atomic mass is 16.5. The minimum atomic E-state index is -0.664. The lowest BCUT2D eigenvalue weighted by molar-refractivity contribution is -0.148. The van der Waals surface area contributed by atoms with Gasteiger partial charge in [0.25, 0.3) is 0 Å². The Kier molecular flexibility index (Phi) is 4.88. The molecule has 1 fully saturated rings. The summed E-state index contributed by atoms with van der Waals surface area (Å²) in [6, 6.07) is 6.19. The third-order valence-electron chi connectivity index (χ3n) is 4.57. The summed E-state index contributed by atoms with van der Waals surface area (Å²) in [6.45, 7) is 8.91. The molecule has 1 aromatic carbocycles. The molecule has 1 N–H and O–H groups in total. The highest BCUT2D eigenvalue weighted by Gasteiger charge is 2.42. The summed E-state index contributed by atoms with van der Waals surface area (Å²) in [5.74, 6) is 0.261. The van der Waals surface area contributed by atoms with Gasteiger partial charge in [0.2, 0.25) is 0 Å². The molecular weight excluding hydrogens is 266 g/mol. The Balaban J connectivity index is 1.85. The number of carboxylic acids is 1. The van der Waals surface area contributed by atoms with Crippen molar-refractivity contribution < 1.29 is 14.6 Å². The van der Waals surface area contributed by atoms with Crippen molar-refractivity contribution in [1.29, 1.82) is 0 Å². The quantitative estimate of drug-likeness (QED) is 0.875. The fraction of sp³-hybridized carbons (Fsp3) is 0.588. The monoisotopic (exact) mass is 291 g/mol. The third-order valence-corrected chi connectivity index (χ3v) is 4.57. The van der Waals surface area contributed by atoms with Gasteiger partial charge in [0, 0.05) is 13.1 Å². The number of aliphatic carboxylic acids is 1. The molecule has 1 aliphatic heterocycles. The van der Waals surface area contributed by atoms with E-state index >= 15 is 0 Å². The van der Waals surface area contributed by atoms with Crippen molar-refractivity contribution in [2.45, 2.75) is 33.6 Å². The number of carbonyl (C=O) groups is 1. The second kappa shape index (κ2) is 6.48. The van der Waals surface area contributed by atoms with Crippen LogP contribution in [0.3, 0.4) is 0 Å². The molecule has 1 atom stereocenters. The smallest absolute Gasteiger partial charge is 0.310 e.